The number of para-hydroxylation sites is 2. The van der Waals surface area contributed by atoms with Crippen LogP contribution in [0.3, 0.4) is 0 Å². The molecule has 0 radical (unpaired) electrons. The van der Waals surface area contributed by atoms with Crippen molar-refractivity contribution in [1.29, 1.82) is 0 Å². The van der Waals surface area contributed by atoms with E-state index in [9.17, 15) is 4.39 Å². The van der Waals surface area contributed by atoms with Crippen molar-refractivity contribution in [2.45, 2.75) is 19.9 Å². The molecule has 0 saturated carbocycles. The molecule has 150 valence electrons. The fourth-order valence-electron chi connectivity index (χ4n) is 3.50. The molecule has 0 saturated heterocycles. The van der Waals surface area contributed by atoms with E-state index in [1.807, 2.05) is 38.4 Å². The summed E-state index contributed by atoms with van der Waals surface area (Å²) in [4.78, 5) is 12.5. The van der Waals surface area contributed by atoms with E-state index in [0.29, 0.717) is 13.1 Å². The van der Waals surface area contributed by atoms with Crippen molar-refractivity contribution in [3.8, 4) is 0 Å². The first kappa shape index (κ1) is 19.0. The van der Waals surface area contributed by atoms with E-state index in [0.717, 1.165) is 52.2 Å². The number of nitrogens with one attached hydrogen (secondary N) is 3. The van der Waals surface area contributed by atoms with Crippen LogP contribution in [0.15, 0.2) is 53.7 Å². The SMILES string of the molecule is CCNC(=NCc1nc2ccccc2n1C)NCCc1c[nH]c2ccc(F)cc12. The van der Waals surface area contributed by atoms with Crippen LogP contribution >= 0.6 is 0 Å². The van der Waals surface area contributed by atoms with Crippen molar-refractivity contribution in [3.05, 3.63) is 65.9 Å². The molecule has 0 bridgehead atoms. The summed E-state index contributed by atoms with van der Waals surface area (Å²) in [7, 11) is 2.01. The van der Waals surface area contributed by atoms with Crippen molar-refractivity contribution >= 4 is 27.9 Å². The number of rotatable bonds is 6. The number of benzene rings is 2. The summed E-state index contributed by atoms with van der Waals surface area (Å²) in [6, 6.07) is 12.9. The highest BCUT2D eigenvalue weighted by Crippen LogP contribution is 2.19. The lowest BCUT2D eigenvalue weighted by atomic mass is 10.1. The molecule has 3 N–H and O–H groups in total. The molecule has 0 unspecified atom stereocenters. The number of aromatic amines is 1. The van der Waals surface area contributed by atoms with Gasteiger partial charge in [-0.1, -0.05) is 12.1 Å². The maximum absolute atomic E-state index is 13.5. The molecule has 2 aromatic carbocycles. The molecule has 0 atom stereocenters. The van der Waals surface area contributed by atoms with Gasteiger partial charge in [-0.2, -0.15) is 0 Å². The summed E-state index contributed by atoms with van der Waals surface area (Å²) in [5.41, 5.74) is 4.11. The van der Waals surface area contributed by atoms with Crippen LogP contribution in [0, 0.1) is 5.82 Å². The van der Waals surface area contributed by atoms with Gasteiger partial charge in [-0.05, 0) is 49.2 Å². The lowest BCUT2D eigenvalue weighted by molar-refractivity contribution is 0.629. The van der Waals surface area contributed by atoms with E-state index in [1.165, 1.54) is 6.07 Å². The minimum atomic E-state index is -0.219. The van der Waals surface area contributed by atoms with E-state index in [2.05, 4.69) is 36.2 Å². The van der Waals surface area contributed by atoms with Crippen LogP contribution in [0.4, 0.5) is 4.39 Å². The minimum Gasteiger partial charge on any atom is -0.361 e. The summed E-state index contributed by atoms with van der Waals surface area (Å²) >= 11 is 0. The quantitative estimate of drug-likeness (QED) is 0.347. The second-order valence-electron chi connectivity index (χ2n) is 6.95. The Hall–Kier alpha value is -3.35. The lowest BCUT2D eigenvalue weighted by Crippen LogP contribution is -2.38. The van der Waals surface area contributed by atoms with E-state index >= 15 is 0 Å². The van der Waals surface area contributed by atoms with Crippen LogP contribution in [-0.4, -0.2) is 33.6 Å². The Bertz CT molecular complexity index is 1160. The van der Waals surface area contributed by atoms with Gasteiger partial charge in [0.15, 0.2) is 5.96 Å². The molecule has 0 spiro atoms. The first-order valence-electron chi connectivity index (χ1n) is 9.83. The van der Waals surface area contributed by atoms with Crippen LogP contribution in [-0.2, 0) is 20.0 Å². The average molecular weight is 392 g/mol. The van der Waals surface area contributed by atoms with Crippen molar-refractivity contribution in [3.63, 3.8) is 0 Å². The highest BCUT2D eigenvalue weighted by atomic mass is 19.1. The van der Waals surface area contributed by atoms with Crippen LogP contribution in [0.5, 0.6) is 0 Å². The molecule has 7 heteroatoms. The third-order valence-corrected chi connectivity index (χ3v) is 5.02. The molecule has 0 amide bonds. The van der Waals surface area contributed by atoms with Gasteiger partial charge in [0.05, 0.1) is 11.0 Å². The van der Waals surface area contributed by atoms with Crippen LogP contribution < -0.4 is 10.6 Å². The average Bonchev–Trinajstić information content (AvgIpc) is 3.27. The van der Waals surface area contributed by atoms with Gasteiger partial charge in [0, 0.05) is 37.2 Å². The zero-order valence-corrected chi connectivity index (χ0v) is 16.7. The monoisotopic (exact) mass is 392 g/mol. The maximum atomic E-state index is 13.5. The Morgan fingerprint density at radius 3 is 2.90 bits per heavy atom. The number of hydrogen-bond donors (Lipinski definition) is 3. The summed E-state index contributed by atoms with van der Waals surface area (Å²) in [6.07, 6.45) is 2.70. The van der Waals surface area contributed by atoms with E-state index in [1.54, 1.807) is 12.1 Å². The molecular weight excluding hydrogens is 367 g/mol. The predicted molar refractivity (Wildman–Crippen MR) is 115 cm³/mol. The number of fused-ring (bicyclic) bond motifs is 2. The Balaban J connectivity index is 1.43. The van der Waals surface area contributed by atoms with Gasteiger partial charge < -0.3 is 20.2 Å². The number of nitrogens with zero attached hydrogens (tertiary/aromatic N) is 3. The number of guanidine groups is 1. The minimum absolute atomic E-state index is 0.219. The fraction of sp³-hybridized carbons (Fsp3) is 0.273. The Kier molecular flexibility index (Phi) is 5.46. The standard InChI is InChI=1S/C22H25FN6/c1-3-24-22(27-14-21-28-19-6-4-5-7-20(19)29(21)2)25-11-10-15-13-26-18-9-8-16(23)12-17(15)18/h4-9,12-13,26H,3,10-11,14H2,1-2H3,(H2,24,25,27). The van der Waals surface area contributed by atoms with Gasteiger partial charge in [-0.3, -0.25) is 0 Å². The predicted octanol–water partition coefficient (Wildman–Crippen LogP) is 3.49. The number of hydrogen-bond acceptors (Lipinski definition) is 2. The number of halogens is 1. The molecule has 0 aliphatic heterocycles. The van der Waals surface area contributed by atoms with Crippen molar-refractivity contribution in [2.75, 3.05) is 13.1 Å². The normalized spacial score (nSPS) is 12.0. The first-order valence-corrected chi connectivity index (χ1v) is 9.83. The summed E-state index contributed by atoms with van der Waals surface area (Å²) in [5.74, 6) is 1.43. The fourth-order valence-corrected chi connectivity index (χ4v) is 3.50. The number of aryl methyl sites for hydroxylation is 1. The van der Waals surface area contributed by atoms with Gasteiger partial charge in [0.1, 0.15) is 18.2 Å². The number of imidazole rings is 1. The topological polar surface area (TPSA) is 70.0 Å². The van der Waals surface area contributed by atoms with E-state index in [4.69, 9.17) is 0 Å². The van der Waals surface area contributed by atoms with Gasteiger partial charge in [-0.25, -0.2) is 14.4 Å². The molecule has 6 nitrogen and oxygen atoms in total. The van der Waals surface area contributed by atoms with Gasteiger partial charge >= 0.3 is 0 Å². The van der Waals surface area contributed by atoms with Crippen molar-refractivity contribution in [2.24, 2.45) is 12.0 Å². The molecule has 2 aromatic heterocycles. The molecule has 0 aliphatic rings. The summed E-state index contributed by atoms with van der Waals surface area (Å²) < 4.78 is 15.6. The summed E-state index contributed by atoms with van der Waals surface area (Å²) in [5, 5.41) is 7.55. The molecule has 0 aliphatic carbocycles. The zero-order chi connectivity index (χ0) is 20.2. The summed E-state index contributed by atoms with van der Waals surface area (Å²) in [6.45, 7) is 3.98. The second-order valence-corrected chi connectivity index (χ2v) is 6.95. The number of H-pyrrole nitrogens is 1. The van der Waals surface area contributed by atoms with Crippen LogP contribution in [0.25, 0.3) is 21.9 Å². The smallest absolute Gasteiger partial charge is 0.191 e. The molecule has 29 heavy (non-hydrogen) atoms. The third-order valence-electron chi connectivity index (χ3n) is 5.02. The Morgan fingerprint density at radius 2 is 2.07 bits per heavy atom. The van der Waals surface area contributed by atoms with Crippen molar-refractivity contribution in [1.82, 2.24) is 25.2 Å². The van der Waals surface area contributed by atoms with Crippen LogP contribution in [0.1, 0.15) is 18.3 Å². The molecule has 4 aromatic rings. The van der Waals surface area contributed by atoms with Crippen molar-refractivity contribution < 1.29 is 4.39 Å². The Morgan fingerprint density at radius 1 is 1.21 bits per heavy atom. The highest BCUT2D eigenvalue weighted by Gasteiger charge is 2.08. The van der Waals surface area contributed by atoms with E-state index in [-0.39, 0.29) is 5.82 Å². The highest BCUT2D eigenvalue weighted by molar-refractivity contribution is 5.83. The molecular formula is C22H25FN6. The van der Waals surface area contributed by atoms with Gasteiger partial charge in [0.2, 0.25) is 0 Å². The zero-order valence-electron chi connectivity index (χ0n) is 16.7. The van der Waals surface area contributed by atoms with Gasteiger partial charge in [0.25, 0.3) is 0 Å². The Labute approximate surface area is 168 Å². The van der Waals surface area contributed by atoms with Gasteiger partial charge in [-0.15, -0.1) is 0 Å². The van der Waals surface area contributed by atoms with E-state index < -0.39 is 0 Å². The second kappa shape index (κ2) is 8.34. The lowest BCUT2D eigenvalue weighted by Gasteiger charge is -2.11. The number of aromatic nitrogens is 3. The maximum Gasteiger partial charge on any atom is 0.191 e. The first-order chi connectivity index (χ1) is 14.2. The van der Waals surface area contributed by atoms with Crippen LogP contribution in [0.2, 0.25) is 0 Å². The largest absolute Gasteiger partial charge is 0.361 e. The third kappa shape index (κ3) is 4.08. The molecule has 4 rings (SSSR count). The molecule has 2 heterocycles. The number of aliphatic imine (C=N–C) groups is 1. The molecule has 0 fully saturated rings.